The lowest BCUT2D eigenvalue weighted by molar-refractivity contribution is 0.222. The van der Waals surface area contributed by atoms with Crippen LogP contribution in [0.3, 0.4) is 0 Å². The second kappa shape index (κ2) is 6.42. The van der Waals surface area contributed by atoms with Gasteiger partial charge in [0.25, 0.3) is 0 Å². The van der Waals surface area contributed by atoms with E-state index in [1.165, 1.54) is 0 Å². The third-order valence-electron chi connectivity index (χ3n) is 1.56. The predicted octanol–water partition coefficient (Wildman–Crippen LogP) is 4.40. The van der Waals surface area contributed by atoms with Crippen LogP contribution in [-0.2, 0) is 4.74 Å². The summed E-state index contributed by atoms with van der Waals surface area (Å²) in [4.78, 5) is 0. The molecule has 0 atom stereocenters. The van der Waals surface area contributed by atoms with Gasteiger partial charge in [-0.05, 0) is 19.9 Å². The predicted molar refractivity (Wildman–Crippen MR) is 62.9 cm³/mol. The Hall–Kier alpha value is -0.0700. The third-order valence-corrected chi connectivity index (χ3v) is 2.24. The van der Waals surface area contributed by atoms with Crippen molar-refractivity contribution < 1.29 is 4.74 Å². The van der Waals surface area contributed by atoms with Crippen LogP contribution in [0, 0.1) is 0 Å². The number of ether oxygens (including phenoxy) is 1. The molecular formula is C10H13Cl3O. The van der Waals surface area contributed by atoms with Crippen LogP contribution in [0.1, 0.15) is 20.3 Å². The van der Waals surface area contributed by atoms with Gasteiger partial charge in [-0.1, -0.05) is 41.4 Å². The van der Waals surface area contributed by atoms with Gasteiger partial charge in [0.1, 0.15) is 0 Å². The molecule has 0 fully saturated rings. The molecule has 80 valence electrons. The zero-order valence-electron chi connectivity index (χ0n) is 8.24. The maximum absolute atomic E-state index is 5.71. The highest BCUT2D eigenvalue weighted by molar-refractivity contribution is 6.69. The van der Waals surface area contributed by atoms with Crippen LogP contribution in [0.15, 0.2) is 29.7 Å². The Morgan fingerprint density at radius 1 is 1.50 bits per heavy atom. The maximum Gasteiger partial charge on any atom is 0.219 e. The van der Waals surface area contributed by atoms with Crippen LogP contribution in [-0.4, -0.2) is 10.4 Å². The molecule has 0 rings (SSSR count). The van der Waals surface area contributed by atoms with E-state index in [1.54, 1.807) is 0 Å². The molecule has 0 unspecified atom stereocenters. The molecule has 0 aliphatic rings. The van der Waals surface area contributed by atoms with Crippen molar-refractivity contribution in [2.24, 2.45) is 0 Å². The van der Waals surface area contributed by atoms with Gasteiger partial charge in [0.05, 0.1) is 12.4 Å². The summed E-state index contributed by atoms with van der Waals surface area (Å²) in [6.07, 6.45) is 2.25. The summed E-state index contributed by atoms with van der Waals surface area (Å²) >= 11 is 17.1. The highest BCUT2D eigenvalue weighted by atomic mass is 35.6. The van der Waals surface area contributed by atoms with Crippen molar-refractivity contribution in [1.29, 1.82) is 0 Å². The molecule has 0 N–H and O–H groups in total. The van der Waals surface area contributed by atoms with Crippen LogP contribution >= 0.6 is 34.8 Å². The molecule has 4 heteroatoms. The Kier molecular flexibility index (Phi) is 6.39. The van der Waals surface area contributed by atoms with Crippen molar-refractivity contribution in [1.82, 2.24) is 0 Å². The van der Waals surface area contributed by atoms with E-state index in [0.717, 1.165) is 5.76 Å². The van der Waals surface area contributed by atoms with Crippen molar-refractivity contribution in [3.05, 3.63) is 29.7 Å². The average molecular weight is 256 g/mol. The highest BCUT2D eigenvalue weighted by Crippen LogP contribution is 2.37. The number of halogens is 3. The Morgan fingerprint density at radius 2 is 2.07 bits per heavy atom. The number of hydrogen-bond donors (Lipinski definition) is 0. The molecule has 14 heavy (non-hydrogen) atoms. The lowest BCUT2D eigenvalue weighted by Crippen LogP contribution is -2.08. The normalized spacial score (nSPS) is 12.2. The van der Waals surface area contributed by atoms with Gasteiger partial charge in [-0.3, -0.25) is 0 Å². The van der Waals surface area contributed by atoms with E-state index in [4.69, 9.17) is 39.5 Å². The molecular weight excluding hydrogens is 242 g/mol. The second-order valence-electron chi connectivity index (χ2n) is 2.52. The van der Waals surface area contributed by atoms with Crippen LogP contribution in [0.2, 0.25) is 0 Å². The monoisotopic (exact) mass is 254 g/mol. The summed E-state index contributed by atoms with van der Waals surface area (Å²) in [7, 11) is 0. The van der Waals surface area contributed by atoms with E-state index in [-0.39, 0.29) is 0 Å². The first-order valence-electron chi connectivity index (χ1n) is 4.19. The molecule has 0 aromatic rings. The summed E-state index contributed by atoms with van der Waals surface area (Å²) in [5.74, 6) is 0.755. The zero-order chi connectivity index (χ0) is 11.2. The lowest BCUT2D eigenvalue weighted by atomic mass is 10.2. The Labute approximate surface area is 100.0 Å². The van der Waals surface area contributed by atoms with Gasteiger partial charge < -0.3 is 4.74 Å². The van der Waals surface area contributed by atoms with E-state index < -0.39 is 3.79 Å². The molecule has 0 saturated carbocycles. The lowest BCUT2D eigenvalue weighted by Gasteiger charge is -2.15. The van der Waals surface area contributed by atoms with Crippen molar-refractivity contribution in [2.45, 2.75) is 24.1 Å². The van der Waals surface area contributed by atoms with Crippen LogP contribution < -0.4 is 0 Å². The van der Waals surface area contributed by atoms with E-state index >= 15 is 0 Å². The first-order valence-corrected chi connectivity index (χ1v) is 5.33. The molecule has 0 aliphatic heterocycles. The van der Waals surface area contributed by atoms with E-state index in [9.17, 15) is 0 Å². The first-order chi connectivity index (χ1) is 6.45. The van der Waals surface area contributed by atoms with Gasteiger partial charge >= 0.3 is 0 Å². The summed E-state index contributed by atoms with van der Waals surface area (Å²) < 4.78 is 3.85. The van der Waals surface area contributed by atoms with Gasteiger partial charge in [0, 0.05) is 12.0 Å². The minimum atomic E-state index is -1.47. The molecule has 1 nitrogen and oxygen atoms in total. The summed E-state index contributed by atoms with van der Waals surface area (Å²) in [6, 6.07) is 0. The molecule has 0 heterocycles. The SMILES string of the molecule is C=C=C(CC(=CC)OCC)C(Cl)(Cl)Cl. The summed E-state index contributed by atoms with van der Waals surface area (Å²) in [5, 5.41) is 0. The van der Waals surface area contributed by atoms with Crippen molar-refractivity contribution in [2.75, 3.05) is 6.61 Å². The van der Waals surface area contributed by atoms with Crippen molar-refractivity contribution in [3.8, 4) is 0 Å². The number of allylic oxidation sites excluding steroid dienone is 2. The molecule has 0 aromatic heterocycles. The number of rotatable bonds is 4. The molecule has 0 bridgehead atoms. The Balaban J connectivity index is 4.56. The third kappa shape index (κ3) is 4.97. The van der Waals surface area contributed by atoms with Crippen LogP contribution in [0.25, 0.3) is 0 Å². The van der Waals surface area contributed by atoms with E-state index in [2.05, 4.69) is 12.3 Å². The standard InChI is InChI=1S/C10H13Cl3O/c1-4-8(10(11,12)13)7-9(5-2)14-6-3/h5H,1,6-7H2,2-3H3. The fourth-order valence-electron chi connectivity index (χ4n) is 0.859. The molecule has 0 spiro atoms. The number of hydrogen-bond acceptors (Lipinski definition) is 1. The zero-order valence-corrected chi connectivity index (χ0v) is 10.5. The molecule has 0 saturated heterocycles. The average Bonchev–Trinajstić information content (AvgIpc) is 2.10. The van der Waals surface area contributed by atoms with E-state index in [0.29, 0.717) is 18.6 Å². The first kappa shape index (κ1) is 13.9. The van der Waals surface area contributed by atoms with Crippen LogP contribution in [0.5, 0.6) is 0 Å². The van der Waals surface area contributed by atoms with Gasteiger partial charge in [0.2, 0.25) is 3.79 Å². The fourth-order valence-corrected chi connectivity index (χ4v) is 1.26. The maximum atomic E-state index is 5.71. The summed E-state index contributed by atoms with van der Waals surface area (Å²) in [5.41, 5.74) is 3.11. The number of alkyl halides is 3. The smallest absolute Gasteiger partial charge is 0.219 e. The molecule has 0 radical (unpaired) electrons. The van der Waals surface area contributed by atoms with Crippen molar-refractivity contribution in [3.63, 3.8) is 0 Å². The molecule has 0 aliphatic carbocycles. The Bertz CT molecular complexity index is 257. The quantitative estimate of drug-likeness (QED) is 0.411. The molecule has 0 aromatic carbocycles. The van der Waals surface area contributed by atoms with Gasteiger partial charge in [-0.2, -0.15) is 0 Å². The van der Waals surface area contributed by atoms with Crippen molar-refractivity contribution >= 4 is 34.8 Å². The van der Waals surface area contributed by atoms with Gasteiger partial charge in [0.15, 0.2) is 0 Å². The highest BCUT2D eigenvalue weighted by Gasteiger charge is 2.26. The Morgan fingerprint density at radius 3 is 2.36 bits per heavy atom. The minimum Gasteiger partial charge on any atom is -0.498 e. The van der Waals surface area contributed by atoms with Gasteiger partial charge in [-0.15, -0.1) is 5.73 Å². The molecule has 0 amide bonds. The van der Waals surface area contributed by atoms with E-state index in [1.807, 2.05) is 19.9 Å². The summed E-state index contributed by atoms with van der Waals surface area (Å²) in [6.45, 7) is 7.83. The van der Waals surface area contributed by atoms with Gasteiger partial charge in [-0.25, -0.2) is 0 Å². The van der Waals surface area contributed by atoms with Crippen LogP contribution in [0.4, 0.5) is 0 Å². The topological polar surface area (TPSA) is 9.23 Å². The fraction of sp³-hybridized carbons (Fsp3) is 0.500. The second-order valence-corrected chi connectivity index (χ2v) is 4.80. The minimum absolute atomic E-state index is 0.421. The largest absolute Gasteiger partial charge is 0.498 e.